The molecule has 144 valence electrons. The summed E-state index contributed by atoms with van der Waals surface area (Å²) in [6, 6.07) is 0. The van der Waals surface area contributed by atoms with Crippen molar-refractivity contribution in [2.24, 2.45) is 0 Å². The van der Waals surface area contributed by atoms with Crippen LogP contribution >= 0.6 is 44.3 Å². The van der Waals surface area contributed by atoms with Crippen LogP contribution in [0.1, 0.15) is 55.4 Å². The highest BCUT2D eigenvalue weighted by Gasteiger charge is 2.66. The molecule has 0 aromatic rings. The minimum atomic E-state index is -3.24. The van der Waals surface area contributed by atoms with E-state index in [0.717, 1.165) is 0 Å². The molecule has 1 heterocycles. The number of rotatable bonds is 4. The van der Waals surface area contributed by atoms with Gasteiger partial charge in [0.15, 0.2) is 0 Å². The van der Waals surface area contributed by atoms with Crippen molar-refractivity contribution < 1.29 is 16.5 Å². The molecule has 0 N–H and O–H groups in total. The fourth-order valence-electron chi connectivity index (χ4n) is 1.79. The van der Waals surface area contributed by atoms with E-state index in [1.54, 1.807) is 0 Å². The second kappa shape index (κ2) is 8.08. The summed E-state index contributed by atoms with van der Waals surface area (Å²) in [6.45, 7) is 15.5. The fourth-order valence-corrected chi connectivity index (χ4v) is 27.2. The van der Waals surface area contributed by atoms with Crippen molar-refractivity contribution in [3.05, 3.63) is 0 Å². The van der Waals surface area contributed by atoms with E-state index >= 15 is 0 Å². The molecule has 0 saturated carbocycles. The molecular weight excluding hydrogens is 462 g/mol. The van der Waals surface area contributed by atoms with Crippen molar-refractivity contribution in [3.8, 4) is 0 Å². The van der Waals surface area contributed by atoms with Crippen LogP contribution in [0.15, 0.2) is 0 Å². The normalized spacial score (nSPS) is 42.0. The second-order valence-corrected chi connectivity index (χ2v) is 26.2. The Hall–Kier alpha value is 1.87. The summed E-state index contributed by atoms with van der Waals surface area (Å²) in [5.74, 6) is 0. The lowest BCUT2D eigenvalue weighted by Gasteiger charge is -2.49. The summed E-state index contributed by atoms with van der Waals surface area (Å²) in [5.41, 5.74) is -0.320. The maximum Gasteiger partial charge on any atom is 0.429 e. The molecule has 1 aliphatic rings. The zero-order valence-electron chi connectivity index (χ0n) is 15.5. The molecule has 0 bridgehead atoms. The third-order valence-electron chi connectivity index (χ3n) is 3.87. The molecule has 0 aromatic heterocycles. The van der Waals surface area contributed by atoms with Crippen LogP contribution in [0, 0.1) is 0 Å². The van der Waals surface area contributed by atoms with E-state index in [1.165, 1.54) is 0 Å². The Bertz CT molecular complexity index is 365. The Morgan fingerprint density at radius 1 is 0.417 bits per heavy atom. The summed E-state index contributed by atoms with van der Waals surface area (Å²) in [4.78, 5) is 0. The summed E-state index contributed by atoms with van der Waals surface area (Å²) in [5, 5.41) is 0. The maximum absolute atomic E-state index is 6.82. The summed E-state index contributed by atoms with van der Waals surface area (Å²) in [6.07, 6.45) is 0. The van der Waals surface area contributed by atoms with Gasteiger partial charge in [-0.05, 0) is 0 Å². The lowest BCUT2D eigenvalue weighted by molar-refractivity contribution is 0.237. The molecule has 0 aromatic carbocycles. The first kappa shape index (κ1) is 23.9. The topological polar surface area (TPSA) is 36.9 Å². The standard InChI is InChI=1S/C12H28Cl4O4Si4/c1-9(2)21(13)17-22(14,10(3)4)19-24(16,12(7)8)20-23(15,18-21)11(5)6/h9-12H,1-8H3. The van der Waals surface area contributed by atoms with Crippen molar-refractivity contribution in [2.75, 3.05) is 0 Å². The summed E-state index contributed by atoms with van der Waals surface area (Å²) in [7, 11) is -13.0. The molecule has 0 spiro atoms. The summed E-state index contributed by atoms with van der Waals surface area (Å²) < 4.78 is 25.1. The Morgan fingerprint density at radius 2 is 0.542 bits per heavy atom. The molecule has 1 aliphatic heterocycles. The Morgan fingerprint density at radius 3 is 0.625 bits per heavy atom. The van der Waals surface area contributed by atoms with E-state index in [2.05, 4.69) is 0 Å². The van der Waals surface area contributed by atoms with Crippen LogP contribution in [0.3, 0.4) is 0 Å². The highest BCUT2D eigenvalue weighted by Crippen LogP contribution is 2.49. The van der Waals surface area contributed by atoms with Crippen molar-refractivity contribution >= 4 is 75.8 Å². The average molecular weight is 491 g/mol. The molecule has 1 saturated heterocycles. The van der Waals surface area contributed by atoms with Gasteiger partial charge in [-0.25, -0.2) is 0 Å². The molecular formula is C12H28Cl4O4Si4. The van der Waals surface area contributed by atoms with Crippen LogP contribution in [0.4, 0.5) is 0 Å². The van der Waals surface area contributed by atoms with E-state index < -0.39 is 31.5 Å². The van der Waals surface area contributed by atoms with Gasteiger partial charge in [0.05, 0.1) is 0 Å². The van der Waals surface area contributed by atoms with Crippen molar-refractivity contribution in [1.29, 1.82) is 0 Å². The van der Waals surface area contributed by atoms with E-state index in [0.29, 0.717) is 0 Å². The maximum atomic E-state index is 6.82. The zero-order chi connectivity index (χ0) is 19.1. The third-order valence-corrected chi connectivity index (χ3v) is 29.1. The molecule has 1 rings (SSSR count). The number of halogens is 4. The van der Waals surface area contributed by atoms with Gasteiger partial charge in [-0.15, -0.1) is 44.3 Å². The van der Waals surface area contributed by atoms with Crippen molar-refractivity contribution in [2.45, 2.75) is 77.6 Å². The van der Waals surface area contributed by atoms with Crippen LogP contribution in [-0.2, 0) is 16.5 Å². The Balaban J connectivity index is 3.47. The molecule has 0 radical (unpaired) electrons. The SMILES string of the molecule is CC(C)[Si]1(Cl)O[Si](Cl)(C(C)C)O[Si](Cl)(C(C)C)O[Si](Cl)(C(C)C)O1. The van der Waals surface area contributed by atoms with Gasteiger partial charge in [0.1, 0.15) is 0 Å². The van der Waals surface area contributed by atoms with E-state index in [4.69, 9.17) is 60.8 Å². The van der Waals surface area contributed by atoms with Crippen LogP contribution in [0.5, 0.6) is 0 Å². The van der Waals surface area contributed by atoms with Gasteiger partial charge in [0.2, 0.25) is 0 Å². The first-order valence-corrected chi connectivity index (χ1v) is 19.8. The molecule has 1 fully saturated rings. The largest absolute Gasteiger partial charge is 0.429 e. The minimum Gasteiger partial charge on any atom is -0.392 e. The zero-order valence-corrected chi connectivity index (χ0v) is 22.5. The van der Waals surface area contributed by atoms with Gasteiger partial charge in [-0.3, -0.25) is 0 Å². The fraction of sp³-hybridized carbons (Fsp3) is 1.00. The third kappa shape index (κ3) is 5.02. The van der Waals surface area contributed by atoms with Crippen molar-refractivity contribution in [3.63, 3.8) is 0 Å². The van der Waals surface area contributed by atoms with E-state index in [-0.39, 0.29) is 22.2 Å². The van der Waals surface area contributed by atoms with Crippen LogP contribution in [0.25, 0.3) is 0 Å². The molecule has 12 heteroatoms. The van der Waals surface area contributed by atoms with Gasteiger partial charge in [0.25, 0.3) is 0 Å². The molecule has 4 nitrogen and oxygen atoms in total. The molecule has 0 atom stereocenters. The number of hydrogen-bond acceptors (Lipinski definition) is 4. The summed E-state index contributed by atoms with van der Waals surface area (Å²) >= 11 is 27.3. The van der Waals surface area contributed by atoms with Crippen LogP contribution in [0.2, 0.25) is 22.2 Å². The van der Waals surface area contributed by atoms with Gasteiger partial charge in [-0.1, -0.05) is 55.4 Å². The predicted molar refractivity (Wildman–Crippen MR) is 111 cm³/mol. The smallest absolute Gasteiger partial charge is 0.392 e. The van der Waals surface area contributed by atoms with Gasteiger partial charge in [0, 0.05) is 22.2 Å². The Kier molecular flexibility index (Phi) is 8.05. The first-order valence-electron chi connectivity index (χ1n) is 8.16. The lowest BCUT2D eigenvalue weighted by Crippen LogP contribution is -2.67. The van der Waals surface area contributed by atoms with Crippen LogP contribution in [-0.4, -0.2) is 31.5 Å². The van der Waals surface area contributed by atoms with E-state index in [9.17, 15) is 0 Å². The van der Waals surface area contributed by atoms with Gasteiger partial charge in [-0.2, -0.15) is 0 Å². The quantitative estimate of drug-likeness (QED) is 0.337. The first-order chi connectivity index (χ1) is 10.6. The highest BCUT2D eigenvalue weighted by atomic mass is 35.6. The molecule has 0 unspecified atom stereocenters. The second-order valence-electron chi connectivity index (χ2n) is 7.36. The Labute approximate surface area is 169 Å². The molecule has 0 aliphatic carbocycles. The van der Waals surface area contributed by atoms with Crippen LogP contribution < -0.4 is 0 Å². The van der Waals surface area contributed by atoms with Gasteiger partial charge >= 0.3 is 31.5 Å². The molecule has 24 heavy (non-hydrogen) atoms. The molecule has 0 amide bonds. The monoisotopic (exact) mass is 488 g/mol. The predicted octanol–water partition coefficient (Wildman–Crippen LogP) is 6.42. The minimum absolute atomic E-state index is 0.0799. The van der Waals surface area contributed by atoms with Gasteiger partial charge < -0.3 is 16.5 Å². The average Bonchev–Trinajstić information content (AvgIpc) is 2.35. The highest BCUT2D eigenvalue weighted by molar-refractivity contribution is 7.33. The van der Waals surface area contributed by atoms with Crippen molar-refractivity contribution in [1.82, 2.24) is 0 Å². The lowest BCUT2D eigenvalue weighted by atomic mass is 10.6. The number of hydrogen-bond donors (Lipinski definition) is 0. The van der Waals surface area contributed by atoms with E-state index in [1.807, 2.05) is 55.4 Å².